The predicted octanol–water partition coefficient (Wildman–Crippen LogP) is 4.66. The van der Waals surface area contributed by atoms with Gasteiger partial charge in [-0.05, 0) is 43.5 Å². The van der Waals surface area contributed by atoms with Crippen molar-refractivity contribution in [1.82, 2.24) is 0 Å². The molecular weight excluding hydrogens is 266 g/mol. The lowest BCUT2D eigenvalue weighted by Crippen LogP contribution is -2.16. The van der Waals surface area contributed by atoms with Gasteiger partial charge in [0, 0.05) is 21.9 Å². The molecule has 0 saturated carbocycles. The van der Waals surface area contributed by atoms with E-state index in [1.54, 1.807) is 0 Å². The van der Waals surface area contributed by atoms with Gasteiger partial charge >= 0.3 is 0 Å². The average Bonchev–Trinajstić information content (AvgIpc) is 2.48. The molecule has 3 rings (SSSR count). The summed E-state index contributed by atoms with van der Waals surface area (Å²) >= 11 is 1.92. The highest BCUT2D eigenvalue weighted by Crippen LogP contribution is 2.39. The molecule has 0 aromatic heterocycles. The molecule has 3 heteroatoms. The van der Waals surface area contributed by atoms with Crippen LogP contribution in [-0.4, -0.2) is 10.9 Å². The third-order valence-electron chi connectivity index (χ3n) is 3.92. The van der Waals surface area contributed by atoms with E-state index in [1.165, 1.54) is 10.5 Å². The van der Waals surface area contributed by atoms with Crippen LogP contribution < -0.4 is 5.32 Å². The number of phenols is 1. The summed E-state index contributed by atoms with van der Waals surface area (Å²) < 4.78 is 0. The van der Waals surface area contributed by atoms with E-state index < -0.39 is 0 Å². The molecule has 2 nitrogen and oxygen atoms in total. The standard InChI is InChI=1S/C17H19NOS/c1-11-7-8-14(12(2)17(11)19)18-15-9-10-20-16-6-4-3-5-13(15)16/h3-8,15,18-19H,9-10H2,1-2H3. The average molecular weight is 285 g/mol. The molecule has 0 radical (unpaired) electrons. The van der Waals surface area contributed by atoms with Gasteiger partial charge in [-0.2, -0.15) is 0 Å². The van der Waals surface area contributed by atoms with Crippen molar-refractivity contribution in [2.45, 2.75) is 31.2 Å². The summed E-state index contributed by atoms with van der Waals surface area (Å²) in [6.45, 7) is 3.90. The number of fused-ring (bicyclic) bond motifs is 1. The molecule has 1 aliphatic heterocycles. The molecule has 0 bridgehead atoms. The van der Waals surface area contributed by atoms with Crippen LogP contribution in [0.25, 0.3) is 0 Å². The highest BCUT2D eigenvalue weighted by molar-refractivity contribution is 7.99. The minimum atomic E-state index is 0.327. The van der Waals surface area contributed by atoms with E-state index in [2.05, 4.69) is 35.6 Å². The maximum absolute atomic E-state index is 10.1. The van der Waals surface area contributed by atoms with Gasteiger partial charge in [0.1, 0.15) is 5.75 Å². The van der Waals surface area contributed by atoms with Crippen LogP contribution in [0.5, 0.6) is 5.75 Å². The molecule has 20 heavy (non-hydrogen) atoms. The molecule has 0 fully saturated rings. The Morgan fingerprint density at radius 2 is 1.95 bits per heavy atom. The van der Waals surface area contributed by atoms with Crippen LogP contribution in [0.15, 0.2) is 41.3 Å². The Morgan fingerprint density at radius 3 is 2.80 bits per heavy atom. The second-order valence-electron chi connectivity index (χ2n) is 5.28. The smallest absolute Gasteiger partial charge is 0.123 e. The Labute approximate surface area is 124 Å². The van der Waals surface area contributed by atoms with Crippen molar-refractivity contribution in [3.8, 4) is 5.75 Å². The highest BCUT2D eigenvalue weighted by Gasteiger charge is 2.21. The third-order valence-corrected chi connectivity index (χ3v) is 5.04. The number of aromatic hydroxyl groups is 1. The normalized spacial score (nSPS) is 17.6. The van der Waals surface area contributed by atoms with Crippen molar-refractivity contribution in [3.05, 3.63) is 53.1 Å². The number of thioether (sulfide) groups is 1. The Hall–Kier alpha value is -1.61. The lowest BCUT2D eigenvalue weighted by Gasteiger charge is -2.27. The molecule has 104 valence electrons. The van der Waals surface area contributed by atoms with Gasteiger partial charge in [-0.1, -0.05) is 24.3 Å². The second kappa shape index (κ2) is 5.41. The fourth-order valence-electron chi connectivity index (χ4n) is 2.67. The molecule has 0 spiro atoms. The zero-order valence-corrected chi connectivity index (χ0v) is 12.6. The monoisotopic (exact) mass is 285 g/mol. The van der Waals surface area contributed by atoms with Gasteiger partial charge in [-0.15, -0.1) is 11.8 Å². The minimum absolute atomic E-state index is 0.327. The predicted molar refractivity (Wildman–Crippen MR) is 85.7 cm³/mol. The Morgan fingerprint density at radius 1 is 1.15 bits per heavy atom. The zero-order valence-electron chi connectivity index (χ0n) is 11.8. The molecule has 1 atom stereocenters. The molecule has 2 N–H and O–H groups in total. The second-order valence-corrected chi connectivity index (χ2v) is 6.41. The summed E-state index contributed by atoms with van der Waals surface area (Å²) in [6, 6.07) is 12.9. The van der Waals surface area contributed by atoms with Crippen LogP contribution in [-0.2, 0) is 0 Å². The summed E-state index contributed by atoms with van der Waals surface area (Å²) in [5.74, 6) is 1.53. The molecule has 2 aromatic carbocycles. The third kappa shape index (κ3) is 2.38. The summed E-state index contributed by atoms with van der Waals surface area (Å²) in [6.07, 6.45) is 1.11. The van der Waals surface area contributed by atoms with Crippen molar-refractivity contribution in [2.24, 2.45) is 0 Å². The molecular formula is C17H19NOS. The van der Waals surface area contributed by atoms with Crippen molar-refractivity contribution in [1.29, 1.82) is 0 Å². The number of benzene rings is 2. The SMILES string of the molecule is Cc1ccc(NC2CCSc3ccccc32)c(C)c1O. The maximum Gasteiger partial charge on any atom is 0.123 e. The zero-order chi connectivity index (χ0) is 14.1. The fourth-order valence-corrected chi connectivity index (χ4v) is 3.80. The van der Waals surface area contributed by atoms with Gasteiger partial charge in [0.15, 0.2) is 0 Å². The van der Waals surface area contributed by atoms with Crippen molar-refractivity contribution < 1.29 is 5.11 Å². The van der Waals surface area contributed by atoms with E-state index in [1.807, 2.05) is 31.7 Å². The van der Waals surface area contributed by atoms with Crippen LogP contribution in [0, 0.1) is 13.8 Å². The number of rotatable bonds is 2. The first-order chi connectivity index (χ1) is 9.66. The minimum Gasteiger partial charge on any atom is -0.507 e. The Balaban J connectivity index is 1.92. The van der Waals surface area contributed by atoms with Crippen LogP contribution in [0.3, 0.4) is 0 Å². The number of nitrogens with one attached hydrogen (secondary N) is 1. The summed E-state index contributed by atoms with van der Waals surface area (Å²) in [4.78, 5) is 1.37. The van der Waals surface area contributed by atoms with E-state index in [0.29, 0.717) is 11.8 Å². The van der Waals surface area contributed by atoms with Crippen LogP contribution >= 0.6 is 11.8 Å². The molecule has 1 heterocycles. The molecule has 1 aliphatic rings. The van der Waals surface area contributed by atoms with E-state index in [4.69, 9.17) is 0 Å². The van der Waals surface area contributed by atoms with Gasteiger partial charge < -0.3 is 10.4 Å². The molecule has 0 saturated heterocycles. The highest BCUT2D eigenvalue weighted by atomic mass is 32.2. The van der Waals surface area contributed by atoms with Gasteiger partial charge in [0.25, 0.3) is 0 Å². The number of hydrogen-bond donors (Lipinski definition) is 2. The molecule has 0 aliphatic carbocycles. The first-order valence-corrected chi connectivity index (χ1v) is 7.93. The quantitative estimate of drug-likeness (QED) is 0.842. The first kappa shape index (κ1) is 13.4. The van der Waals surface area contributed by atoms with Gasteiger partial charge in [0.05, 0.1) is 6.04 Å². The van der Waals surface area contributed by atoms with Crippen LogP contribution in [0.4, 0.5) is 5.69 Å². The van der Waals surface area contributed by atoms with Crippen molar-refractivity contribution in [2.75, 3.05) is 11.1 Å². The topological polar surface area (TPSA) is 32.3 Å². The number of aryl methyl sites for hydroxylation is 1. The van der Waals surface area contributed by atoms with E-state index in [0.717, 1.165) is 29.0 Å². The van der Waals surface area contributed by atoms with Crippen LogP contribution in [0.1, 0.15) is 29.2 Å². The molecule has 2 aromatic rings. The molecule has 1 unspecified atom stereocenters. The van der Waals surface area contributed by atoms with E-state index >= 15 is 0 Å². The van der Waals surface area contributed by atoms with Gasteiger partial charge in [-0.3, -0.25) is 0 Å². The maximum atomic E-state index is 10.1. The Kier molecular flexibility index (Phi) is 3.62. The van der Waals surface area contributed by atoms with Crippen molar-refractivity contribution in [3.63, 3.8) is 0 Å². The number of hydrogen-bond acceptors (Lipinski definition) is 3. The fraction of sp³-hybridized carbons (Fsp3) is 0.294. The summed E-state index contributed by atoms with van der Waals surface area (Å²) in [5, 5.41) is 13.7. The van der Waals surface area contributed by atoms with E-state index in [-0.39, 0.29) is 0 Å². The van der Waals surface area contributed by atoms with Gasteiger partial charge in [0.2, 0.25) is 0 Å². The number of anilines is 1. The first-order valence-electron chi connectivity index (χ1n) is 6.94. The number of phenolic OH excluding ortho intramolecular Hbond substituents is 1. The largest absolute Gasteiger partial charge is 0.507 e. The lowest BCUT2D eigenvalue weighted by atomic mass is 10.0. The van der Waals surface area contributed by atoms with Crippen molar-refractivity contribution >= 4 is 17.4 Å². The van der Waals surface area contributed by atoms with E-state index in [9.17, 15) is 5.11 Å². The summed E-state index contributed by atoms with van der Waals surface area (Å²) in [7, 11) is 0. The van der Waals surface area contributed by atoms with Gasteiger partial charge in [-0.25, -0.2) is 0 Å². The molecule has 0 amide bonds. The Bertz CT molecular complexity index is 639. The summed E-state index contributed by atoms with van der Waals surface area (Å²) in [5.41, 5.74) is 4.25. The lowest BCUT2D eigenvalue weighted by molar-refractivity contribution is 0.467. The van der Waals surface area contributed by atoms with Crippen LogP contribution in [0.2, 0.25) is 0 Å².